The summed E-state index contributed by atoms with van der Waals surface area (Å²) in [6.07, 6.45) is 0.374. The Morgan fingerprint density at radius 2 is 1.85 bits per heavy atom. The molecule has 0 bridgehead atoms. The fourth-order valence-corrected chi connectivity index (χ4v) is 6.21. The van der Waals surface area contributed by atoms with Gasteiger partial charge in [0.15, 0.2) is 0 Å². The molecular formula is C30H29N3O4S2. The molecule has 0 saturated carbocycles. The van der Waals surface area contributed by atoms with Gasteiger partial charge in [-0.1, -0.05) is 48.4 Å². The molecule has 2 N–H and O–H groups in total. The molecule has 1 unspecified atom stereocenters. The highest BCUT2D eigenvalue weighted by Crippen LogP contribution is 2.25. The van der Waals surface area contributed by atoms with E-state index >= 15 is 0 Å². The molecule has 1 atom stereocenters. The molecule has 0 spiro atoms. The number of sulfonamides is 1. The maximum atomic E-state index is 13.1. The van der Waals surface area contributed by atoms with Crippen molar-refractivity contribution in [3.05, 3.63) is 100 Å². The minimum absolute atomic E-state index is 0.0396. The van der Waals surface area contributed by atoms with E-state index in [-0.39, 0.29) is 18.0 Å². The van der Waals surface area contributed by atoms with E-state index in [2.05, 4.69) is 26.9 Å². The first-order valence-corrected chi connectivity index (χ1v) is 14.8. The summed E-state index contributed by atoms with van der Waals surface area (Å²) in [5.74, 6) is 6.06. The molecule has 0 aliphatic heterocycles. The standard InChI is InChI=1S/C30H29N3O4S2/c1-3-7-22-8-5-9-25(18-22)24-14-12-23(13-15-24)19-28(33-39(35,36)26-16-17-38-21-26)27-10-6-11-29(32-27)31-20-30(34)37-4-2/h5-6,8-18,21,28,33H,4,19-20H2,1-2H3,(H,31,32). The monoisotopic (exact) mass is 559 g/mol. The Balaban J connectivity index is 1.59. The van der Waals surface area contributed by atoms with Crippen LogP contribution in [0.25, 0.3) is 11.1 Å². The molecule has 7 nitrogen and oxygen atoms in total. The Kier molecular flexibility index (Phi) is 9.49. The largest absolute Gasteiger partial charge is 0.465 e. The van der Waals surface area contributed by atoms with Crippen molar-refractivity contribution in [1.82, 2.24) is 9.71 Å². The minimum atomic E-state index is -3.78. The van der Waals surface area contributed by atoms with Gasteiger partial charge in [0.1, 0.15) is 12.4 Å². The molecule has 0 fully saturated rings. The van der Waals surface area contributed by atoms with Crippen molar-refractivity contribution in [1.29, 1.82) is 0 Å². The van der Waals surface area contributed by atoms with Crippen LogP contribution < -0.4 is 10.0 Å². The summed E-state index contributed by atoms with van der Waals surface area (Å²) in [6.45, 7) is 3.80. The smallest absolute Gasteiger partial charge is 0.325 e. The third-order valence-electron chi connectivity index (χ3n) is 5.81. The van der Waals surface area contributed by atoms with Gasteiger partial charge in [-0.2, -0.15) is 11.3 Å². The first-order chi connectivity index (χ1) is 18.9. The second kappa shape index (κ2) is 13.2. The molecule has 0 saturated heterocycles. The van der Waals surface area contributed by atoms with Gasteiger partial charge < -0.3 is 10.1 Å². The van der Waals surface area contributed by atoms with Crippen LogP contribution in [0, 0.1) is 11.8 Å². The Morgan fingerprint density at radius 3 is 2.56 bits per heavy atom. The van der Waals surface area contributed by atoms with Gasteiger partial charge in [-0.15, -0.1) is 5.92 Å². The number of esters is 1. The van der Waals surface area contributed by atoms with E-state index in [1.807, 2.05) is 55.5 Å². The molecule has 0 radical (unpaired) electrons. The van der Waals surface area contributed by atoms with Crippen LogP contribution in [0.1, 0.15) is 36.7 Å². The lowest BCUT2D eigenvalue weighted by atomic mass is 9.98. The van der Waals surface area contributed by atoms with E-state index < -0.39 is 22.0 Å². The van der Waals surface area contributed by atoms with E-state index in [1.54, 1.807) is 41.9 Å². The predicted molar refractivity (Wildman–Crippen MR) is 155 cm³/mol. The molecule has 0 amide bonds. The molecule has 4 aromatic rings. The second-order valence-electron chi connectivity index (χ2n) is 8.60. The summed E-state index contributed by atoms with van der Waals surface area (Å²) in [6, 6.07) is 22.2. The normalized spacial score (nSPS) is 11.7. The Labute approximate surface area is 233 Å². The van der Waals surface area contributed by atoms with E-state index in [1.165, 1.54) is 11.3 Å². The lowest BCUT2D eigenvalue weighted by Crippen LogP contribution is -2.30. The first-order valence-electron chi connectivity index (χ1n) is 12.4. The number of carbonyl (C=O) groups is 1. The highest BCUT2D eigenvalue weighted by molar-refractivity contribution is 7.89. The van der Waals surface area contributed by atoms with Gasteiger partial charge >= 0.3 is 5.97 Å². The zero-order valence-electron chi connectivity index (χ0n) is 21.7. The topological polar surface area (TPSA) is 97.4 Å². The number of rotatable bonds is 11. The summed E-state index contributed by atoms with van der Waals surface area (Å²) >= 11 is 1.32. The van der Waals surface area contributed by atoms with Crippen molar-refractivity contribution in [2.24, 2.45) is 0 Å². The minimum Gasteiger partial charge on any atom is -0.465 e. The number of thiophene rings is 1. The van der Waals surface area contributed by atoms with E-state index in [4.69, 9.17) is 4.74 Å². The summed E-state index contributed by atoms with van der Waals surface area (Å²) in [5, 5.41) is 6.26. The van der Waals surface area contributed by atoms with Gasteiger partial charge in [0.25, 0.3) is 0 Å². The molecule has 9 heteroatoms. The van der Waals surface area contributed by atoms with Crippen molar-refractivity contribution in [2.45, 2.75) is 31.2 Å². The average molecular weight is 560 g/mol. The van der Waals surface area contributed by atoms with Crippen LogP contribution in [0.4, 0.5) is 5.82 Å². The molecule has 4 rings (SSSR count). The van der Waals surface area contributed by atoms with Crippen LogP contribution in [-0.4, -0.2) is 32.5 Å². The number of carbonyl (C=O) groups excluding carboxylic acids is 1. The van der Waals surface area contributed by atoms with E-state index in [0.717, 1.165) is 22.3 Å². The Hall–Kier alpha value is -3.97. The van der Waals surface area contributed by atoms with Crippen molar-refractivity contribution in [2.75, 3.05) is 18.5 Å². The second-order valence-corrected chi connectivity index (χ2v) is 11.1. The van der Waals surface area contributed by atoms with Gasteiger partial charge in [-0.3, -0.25) is 4.79 Å². The summed E-state index contributed by atoms with van der Waals surface area (Å²) in [7, 11) is -3.78. The molecule has 2 aromatic heterocycles. The van der Waals surface area contributed by atoms with Crippen LogP contribution >= 0.6 is 11.3 Å². The van der Waals surface area contributed by atoms with Crippen LogP contribution in [0.2, 0.25) is 0 Å². The van der Waals surface area contributed by atoms with Gasteiger partial charge in [-0.25, -0.2) is 18.1 Å². The number of nitrogens with one attached hydrogen (secondary N) is 2. The number of hydrogen-bond acceptors (Lipinski definition) is 7. The zero-order valence-corrected chi connectivity index (χ0v) is 23.3. The van der Waals surface area contributed by atoms with Crippen molar-refractivity contribution in [3.63, 3.8) is 0 Å². The molecule has 0 aliphatic rings. The first kappa shape index (κ1) is 28.0. The number of nitrogens with zero attached hydrogens (tertiary/aromatic N) is 1. The molecular weight excluding hydrogens is 530 g/mol. The highest BCUT2D eigenvalue weighted by Gasteiger charge is 2.23. The van der Waals surface area contributed by atoms with E-state index in [9.17, 15) is 13.2 Å². The van der Waals surface area contributed by atoms with Crippen molar-refractivity contribution in [3.8, 4) is 23.0 Å². The lowest BCUT2D eigenvalue weighted by molar-refractivity contribution is -0.140. The Bertz CT molecular complexity index is 1570. The average Bonchev–Trinajstić information content (AvgIpc) is 3.49. The van der Waals surface area contributed by atoms with Crippen LogP contribution in [0.3, 0.4) is 0 Å². The lowest BCUT2D eigenvalue weighted by Gasteiger charge is -2.19. The van der Waals surface area contributed by atoms with Crippen molar-refractivity contribution >= 4 is 33.1 Å². The third-order valence-corrected chi connectivity index (χ3v) is 8.11. The number of ether oxygens (including phenoxy) is 1. The number of aromatic nitrogens is 1. The number of anilines is 1. The van der Waals surface area contributed by atoms with E-state index in [0.29, 0.717) is 17.9 Å². The quantitative estimate of drug-likeness (QED) is 0.188. The third kappa shape index (κ3) is 7.77. The van der Waals surface area contributed by atoms with Gasteiger partial charge in [0, 0.05) is 10.9 Å². The maximum Gasteiger partial charge on any atom is 0.325 e. The fourth-order valence-electron chi connectivity index (χ4n) is 3.98. The SMILES string of the molecule is CC#Cc1cccc(-c2ccc(CC(NS(=O)(=O)c3ccsc3)c3cccc(NCC(=O)OCC)n3)cc2)c1. The van der Waals surface area contributed by atoms with Crippen LogP contribution in [0.15, 0.2) is 88.5 Å². The van der Waals surface area contributed by atoms with Gasteiger partial charge in [0.2, 0.25) is 10.0 Å². The summed E-state index contributed by atoms with van der Waals surface area (Å²) in [5.41, 5.74) is 4.51. The Morgan fingerprint density at radius 1 is 1.05 bits per heavy atom. The van der Waals surface area contributed by atoms with Gasteiger partial charge in [0.05, 0.1) is 23.2 Å². The van der Waals surface area contributed by atoms with Crippen molar-refractivity contribution < 1.29 is 17.9 Å². The molecule has 2 aromatic carbocycles. The summed E-state index contributed by atoms with van der Waals surface area (Å²) < 4.78 is 34.1. The number of benzene rings is 2. The molecule has 200 valence electrons. The number of pyridine rings is 1. The molecule has 2 heterocycles. The number of hydrogen-bond donors (Lipinski definition) is 2. The highest BCUT2D eigenvalue weighted by atomic mass is 32.2. The van der Waals surface area contributed by atoms with Crippen LogP contribution in [-0.2, 0) is 26.0 Å². The van der Waals surface area contributed by atoms with Gasteiger partial charge in [-0.05, 0) is 72.7 Å². The fraction of sp³-hybridized carbons (Fsp3) is 0.200. The van der Waals surface area contributed by atoms with Crippen LogP contribution in [0.5, 0.6) is 0 Å². The zero-order chi connectivity index (χ0) is 27.7. The molecule has 0 aliphatic carbocycles. The molecule has 39 heavy (non-hydrogen) atoms. The summed E-state index contributed by atoms with van der Waals surface area (Å²) in [4.78, 5) is 16.6. The maximum absolute atomic E-state index is 13.1. The predicted octanol–water partition coefficient (Wildman–Crippen LogP) is 5.42.